The van der Waals surface area contributed by atoms with Crippen molar-refractivity contribution in [3.05, 3.63) is 23.8 Å². The zero-order valence-electron chi connectivity index (χ0n) is 10.7. The number of rotatable bonds is 2. The number of carbonyl (C=O) groups is 1. The Morgan fingerprint density at radius 2 is 2.11 bits per heavy atom. The summed E-state index contributed by atoms with van der Waals surface area (Å²) in [6.45, 7) is 6.18. The third-order valence-corrected chi connectivity index (χ3v) is 3.88. The van der Waals surface area contributed by atoms with Gasteiger partial charge < -0.3 is 15.5 Å². The normalized spacial score (nSPS) is 22.8. The molecule has 3 rings (SSSR count). The number of amides is 1. The molecule has 2 heterocycles. The molecule has 1 saturated heterocycles. The second-order valence-corrected chi connectivity index (χ2v) is 4.96. The van der Waals surface area contributed by atoms with E-state index in [0.29, 0.717) is 0 Å². The van der Waals surface area contributed by atoms with Gasteiger partial charge in [-0.2, -0.15) is 0 Å². The third kappa shape index (κ3) is 1.86. The summed E-state index contributed by atoms with van der Waals surface area (Å²) in [5.74, 6) is 0.182. The van der Waals surface area contributed by atoms with Gasteiger partial charge in [0.15, 0.2) is 0 Å². The van der Waals surface area contributed by atoms with Crippen LogP contribution in [0.2, 0.25) is 0 Å². The minimum atomic E-state index is 0.0390. The van der Waals surface area contributed by atoms with Crippen molar-refractivity contribution in [2.45, 2.75) is 19.3 Å². The highest BCUT2D eigenvalue weighted by molar-refractivity contribution is 6.03. The van der Waals surface area contributed by atoms with Gasteiger partial charge in [-0.05, 0) is 24.1 Å². The van der Waals surface area contributed by atoms with Crippen LogP contribution in [0.3, 0.4) is 0 Å². The summed E-state index contributed by atoms with van der Waals surface area (Å²) < 4.78 is 0. The first-order valence-electron chi connectivity index (χ1n) is 6.70. The topological polar surface area (TPSA) is 44.4 Å². The molecule has 0 aromatic heterocycles. The Morgan fingerprint density at radius 1 is 1.33 bits per heavy atom. The van der Waals surface area contributed by atoms with Crippen LogP contribution in [-0.4, -0.2) is 32.1 Å². The predicted molar refractivity (Wildman–Crippen MR) is 73.2 cm³/mol. The Morgan fingerprint density at radius 3 is 2.83 bits per heavy atom. The van der Waals surface area contributed by atoms with Crippen LogP contribution in [0.15, 0.2) is 18.2 Å². The standard InChI is InChI=1S/C14H19N3O/c1-2-11-12-4-3-10(9-13(12)16-14(11)18)17-7-5-15-6-8-17/h3-4,9,11,15H,2,5-8H2,1H3,(H,16,18). The quantitative estimate of drug-likeness (QED) is 0.830. The molecular formula is C14H19N3O. The van der Waals surface area contributed by atoms with Gasteiger partial charge in [0.25, 0.3) is 0 Å². The van der Waals surface area contributed by atoms with Gasteiger partial charge in [-0.15, -0.1) is 0 Å². The molecule has 2 N–H and O–H groups in total. The molecule has 1 fully saturated rings. The van der Waals surface area contributed by atoms with E-state index in [1.807, 2.05) is 0 Å². The molecule has 96 valence electrons. The molecule has 4 nitrogen and oxygen atoms in total. The highest BCUT2D eigenvalue weighted by atomic mass is 16.2. The molecule has 1 aromatic rings. The largest absolute Gasteiger partial charge is 0.369 e. The number of hydrogen-bond donors (Lipinski definition) is 2. The lowest BCUT2D eigenvalue weighted by molar-refractivity contribution is -0.117. The molecule has 1 atom stereocenters. The smallest absolute Gasteiger partial charge is 0.231 e. The second kappa shape index (κ2) is 4.61. The second-order valence-electron chi connectivity index (χ2n) is 4.96. The molecule has 0 aliphatic carbocycles. The SMILES string of the molecule is CCC1C(=O)Nc2cc(N3CCNCC3)ccc21. The maximum atomic E-state index is 11.8. The molecular weight excluding hydrogens is 226 g/mol. The molecule has 1 aromatic carbocycles. The molecule has 1 amide bonds. The Balaban J connectivity index is 1.88. The van der Waals surface area contributed by atoms with E-state index in [1.165, 1.54) is 5.69 Å². The van der Waals surface area contributed by atoms with Gasteiger partial charge >= 0.3 is 0 Å². The zero-order chi connectivity index (χ0) is 12.5. The molecule has 2 aliphatic heterocycles. The fourth-order valence-corrected chi connectivity index (χ4v) is 2.84. The number of piperazine rings is 1. The fraction of sp³-hybridized carbons (Fsp3) is 0.500. The first-order chi connectivity index (χ1) is 8.79. The summed E-state index contributed by atoms with van der Waals surface area (Å²) in [5, 5.41) is 6.35. The molecule has 0 spiro atoms. The van der Waals surface area contributed by atoms with E-state index in [2.05, 4.69) is 40.7 Å². The number of nitrogens with one attached hydrogen (secondary N) is 2. The summed E-state index contributed by atoms with van der Waals surface area (Å²) in [6.07, 6.45) is 0.867. The Labute approximate surface area is 107 Å². The number of nitrogens with zero attached hydrogens (tertiary/aromatic N) is 1. The maximum Gasteiger partial charge on any atom is 0.231 e. The van der Waals surface area contributed by atoms with Crippen molar-refractivity contribution < 1.29 is 4.79 Å². The van der Waals surface area contributed by atoms with E-state index in [0.717, 1.165) is 43.9 Å². The van der Waals surface area contributed by atoms with E-state index >= 15 is 0 Å². The van der Waals surface area contributed by atoms with E-state index in [9.17, 15) is 4.79 Å². The number of carbonyl (C=O) groups excluding carboxylic acids is 1. The van der Waals surface area contributed by atoms with Crippen molar-refractivity contribution in [1.82, 2.24) is 5.32 Å². The van der Waals surface area contributed by atoms with E-state index < -0.39 is 0 Å². The lowest BCUT2D eigenvalue weighted by atomic mass is 9.98. The van der Waals surface area contributed by atoms with Gasteiger partial charge in [-0.25, -0.2) is 0 Å². The third-order valence-electron chi connectivity index (χ3n) is 3.88. The first kappa shape index (κ1) is 11.5. The highest BCUT2D eigenvalue weighted by Gasteiger charge is 2.29. The number of benzene rings is 1. The van der Waals surface area contributed by atoms with Gasteiger partial charge in [0.1, 0.15) is 0 Å². The minimum Gasteiger partial charge on any atom is -0.369 e. The Kier molecular flexibility index (Phi) is 2.96. The van der Waals surface area contributed by atoms with Crippen molar-refractivity contribution >= 4 is 17.3 Å². The summed E-state index contributed by atoms with van der Waals surface area (Å²) in [5.41, 5.74) is 3.37. The Hall–Kier alpha value is -1.55. The van der Waals surface area contributed by atoms with Crippen molar-refractivity contribution in [3.8, 4) is 0 Å². The number of hydrogen-bond acceptors (Lipinski definition) is 3. The fourth-order valence-electron chi connectivity index (χ4n) is 2.84. The van der Waals surface area contributed by atoms with Gasteiger partial charge in [0, 0.05) is 37.6 Å². The van der Waals surface area contributed by atoms with Crippen molar-refractivity contribution in [2.24, 2.45) is 0 Å². The molecule has 0 saturated carbocycles. The van der Waals surface area contributed by atoms with Gasteiger partial charge in [-0.3, -0.25) is 4.79 Å². The van der Waals surface area contributed by atoms with Gasteiger partial charge in [0.2, 0.25) is 5.91 Å². The minimum absolute atomic E-state index is 0.0390. The molecule has 1 unspecified atom stereocenters. The van der Waals surface area contributed by atoms with Crippen LogP contribution in [0, 0.1) is 0 Å². The van der Waals surface area contributed by atoms with Crippen LogP contribution in [-0.2, 0) is 4.79 Å². The molecule has 2 aliphatic rings. The van der Waals surface area contributed by atoms with E-state index in [1.54, 1.807) is 0 Å². The van der Waals surface area contributed by atoms with Crippen LogP contribution in [0.5, 0.6) is 0 Å². The zero-order valence-corrected chi connectivity index (χ0v) is 10.7. The van der Waals surface area contributed by atoms with Gasteiger partial charge in [0.05, 0.1) is 5.92 Å². The van der Waals surface area contributed by atoms with E-state index in [-0.39, 0.29) is 11.8 Å². The maximum absolute atomic E-state index is 11.8. The van der Waals surface area contributed by atoms with Crippen molar-refractivity contribution in [2.75, 3.05) is 36.4 Å². The predicted octanol–water partition coefficient (Wildman–Crippen LogP) is 1.54. The highest BCUT2D eigenvalue weighted by Crippen LogP contribution is 2.36. The number of fused-ring (bicyclic) bond motifs is 1. The van der Waals surface area contributed by atoms with E-state index in [4.69, 9.17) is 0 Å². The van der Waals surface area contributed by atoms with Gasteiger partial charge in [-0.1, -0.05) is 13.0 Å². The lowest BCUT2D eigenvalue weighted by Crippen LogP contribution is -2.43. The monoisotopic (exact) mass is 245 g/mol. The average molecular weight is 245 g/mol. The molecule has 0 radical (unpaired) electrons. The van der Waals surface area contributed by atoms with Crippen LogP contribution in [0.4, 0.5) is 11.4 Å². The molecule has 4 heteroatoms. The summed E-state index contributed by atoms with van der Waals surface area (Å²) in [7, 11) is 0. The van der Waals surface area contributed by atoms with Crippen LogP contribution in [0.1, 0.15) is 24.8 Å². The summed E-state index contributed by atoms with van der Waals surface area (Å²) in [6, 6.07) is 6.38. The van der Waals surface area contributed by atoms with Crippen LogP contribution >= 0.6 is 0 Å². The lowest BCUT2D eigenvalue weighted by Gasteiger charge is -2.29. The molecule has 0 bridgehead atoms. The van der Waals surface area contributed by atoms with Crippen LogP contribution in [0.25, 0.3) is 0 Å². The number of anilines is 2. The van der Waals surface area contributed by atoms with Crippen LogP contribution < -0.4 is 15.5 Å². The Bertz CT molecular complexity index is 466. The molecule has 18 heavy (non-hydrogen) atoms. The van der Waals surface area contributed by atoms with Crippen molar-refractivity contribution in [3.63, 3.8) is 0 Å². The summed E-state index contributed by atoms with van der Waals surface area (Å²) in [4.78, 5) is 14.2. The first-order valence-corrected chi connectivity index (χ1v) is 6.70. The summed E-state index contributed by atoms with van der Waals surface area (Å²) >= 11 is 0. The van der Waals surface area contributed by atoms with Crippen molar-refractivity contribution in [1.29, 1.82) is 0 Å². The average Bonchev–Trinajstić information content (AvgIpc) is 2.74.